The van der Waals surface area contributed by atoms with Crippen molar-refractivity contribution in [3.8, 4) is 5.88 Å². The van der Waals surface area contributed by atoms with E-state index in [1.54, 1.807) is 6.92 Å². The monoisotopic (exact) mass is 435 g/mol. The topological polar surface area (TPSA) is 112 Å². The molecule has 4 rings (SSSR count). The Balaban J connectivity index is 1.64. The maximum absolute atomic E-state index is 15.6. The van der Waals surface area contributed by atoms with E-state index in [-0.39, 0.29) is 41.1 Å². The number of carbonyl (C=O) groups is 1. The average molecular weight is 435 g/mol. The first-order valence-corrected chi connectivity index (χ1v) is 10.2. The summed E-state index contributed by atoms with van der Waals surface area (Å²) in [5, 5.41) is 2.78. The third-order valence-corrected chi connectivity index (χ3v) is 5.94. The van der Waals surface area contributed by atoms with Crippen molar-refractivity contribution in [3.63, 3.8) is 0 Å². The summed E-state index contributed by atoms with van der Waals surface area (Å²) < 4.78 is 40.9. The van der Waals surface area contributed by atoms with Gasteiger partial charge in [0, 0.05) is 17.0 Å². The van der Waals surface area contributed by atoms with Gasteiger partial charge in [-0.2, -0.15) is 0 Å². The van der Waals surface area contributed by atoms with Crippen LogP contribution in [-0.2, 0) is 10.3 Å². The molecular formula is C19H19F2N5O3S. The SMILES string of the molecule is CCOc1cnc(C(=O)Nc2ccc(F)c([C@]34COC[C@@]3(F)CSC(N)=N4)c2)cn1. The number of anilines is 1. The van der Waals surface area contributed by atoms with Gasteiger partial charge in [0.2, 0.25) is 5.88 Å². The summed E-state index contributed by atoms with van der Waals surface area (Å²) in [5.74, 6) is -0.926. The number of nitrogens with zero attached hydrogens (tertiary/aromatic N) is 3. The molecule has 2 aromatic rings. The van der Waals surface area contributed by atoms with Crippen LogP contribution in [0.4, 0.5) is 14.5 Å². The zero-order valence-corrected chi connectivity index (χ0v) is 16.8. The Bertz CT molecular complexity index is 1010. The fourth-order valence-electron chi connectivity index (χ4n) is 3.46. The van der Waals surface area contributed by atoms with Crippen LogP contribution in [-0.4, -0.2) is 52.3 Å². The first-order valence-electron chi connectivity index (χ1n) is 9.18. The number of aliphatic imine (C=N–C) groups is 1. The second-order valence-corrected chi connectivity index (χ2v) is 7.87. The second kappa shape index (κ2) is 7.80. The third kappa shape index (κ3) is 3.47. The molecule has 1 aromatic carbocycles. The van der Waals surface area contributed by atoms with E-state index in [9.17, 15) is 9.18 Å². The molecule has 3 heterocycles. The van der Waals surface area contributed by atoms with Gasteiger partial charge in [-0.25, -0.2) is 23.7 Å². The largest absolute Gasteiger partial charge is 0.477 e. The normalized spacial score (nSPS) is 25.4. The number of alkyl halides is 1. The molecule has 8 nitrogen and oxygen atoms in total. The van der Waals surface area contributed by atoms with Gasteiger partial charge in [-0.15, -0.1) is 0 Å². The maximum Gasteiger partial charge on any atom is 0.275 e. The Morgan fingerprint density at radius 3 is 2.93 bits per heavy atom. The Hall–Kier alpha value is -2.79. The minimum atomic E-state index is -1.91. The number of fused-ring (bicyclic) bond motifs is 1. The van der Waals surface area contributed by atoms with Crippen LogP contribution in [0.2, 0.25) is 0 Å². The summed E-state index contributed by atoms with van der Waals surface area (Å²) in [6.07, 6.45) is 2.60. The molecule has 2 atom stereocenters. The molecule has 0 radical (unpaired) electrons. The summed E-state index contributed by atoms with van der Waals surface area (Å²) in [5.41, 5.74) is 2.58. The first-order chi connectivity index (χ1) is 14.4. The highest BCUT2D eigenvalue weighted by atomic mass is 32.2. The number of halogens is 2. The Labute approximate surface area is 175 Å². The number of hydrogen-bond acceptors (Lipinski definition) is 8. The van der Waals surface area contributed by atoms with Crippen molar-refractivity contribution in [1.29, 1.82) is 0 Å². The van der Waals surface area contributed by atoms with Crippen molar-refractivity contribution in [2.45, 2.75) is 18.1 Å². The number of carbonyl (C=O) groups excluding carboxylic acids is 1. The summed E-state index contributed by atoms with van der Waals surface area (Å²) in [4.78, 5) is 24.7. The van der Waals surface area contributed by atoms with Crippen LogP contribution in [0.5, 0.6) is 5.88 Å². The fraction of sp³-hybridized carbons (Fsp3) is 0.368. The lowest BCUT2D eigenvalue weighted by Crippen LogP contribution is -2.52. The smallest absolute Gasteiger partial charge is 0.275 e. The number of hydrogen-bond donors (Lipinski definition) is 2. The number of thioether (sulfide) groups is 1. The van der Waals surface area contributed by atoms with Crippen LogP contribution in [0.25, 0.3) is 0 Å². The summed E-state index contributed by atoms with van der Waals surface area (Å²) in [7, 11) is 0. The van der Waals surface area contributed by atoms with Gasteiger partial charge in [0.1, 0.15) is 11.5 Å². The molecule has 0 bridgehead atoms. The lowest BCUT2D eigenvalue weighted by Gasteiger charge is -2.38. The van der Waals surface area contributed by atoms with Crippen LogP contribution in [0.1, 0.15) is 23.0 Å². The molecule has 1 aromatic heterocycles. The van der Waals surface area contributed by atoms with Gasteiger partial charge in [0.25, 0.3) is 5.91 Å². The molecule has 0 unspecified atom stereocenters. The van der Waals surface area contributed by atoms with Crippen molar-refractivity contribution in [3.05, 3.63) is 47.7 Å². The highest BCUT2D eigenvalue weighted by Gasteiger charge is 2.61. The van der Waals surface area contributed by atoms with Crippen molar-refractivity contribution in [2.24, 2.45) is 10.7 Å². The van der Waals surface area contributed by atoms with Gasteiger partial charge in [0.05, 0.1) is 32.2 Å². The predicted molar refractivity (Wildman–Crippen MR) is 108 cm³/mol. The van der Waals surface area contributed by atoms with Crippen molar-refractivity contribution in [1.82, 2.24) is 9.97 Å². The van der Waals surface area contributed by atoms with E-state index in [4.69, 9.17) is 15.2 Å². The number of ether oxygens (including phenoxy) is 2. The van der Waals surface area contributed by atoms with E-state index >= 15 is 4.39 Å². The van der Waals surface area contributed by atoms with E-state index in [1.165, 1.54) is 24.5 Å². The van der Waals surface area contributed by atoms with Crippen molar-refractivity contribution >= 4 is 28.5 Å². The van der Waals surface area contributed by atoms with E-state index in [2.05, 4.69) is 20.3 Å². The van der Waals surface area contributed by atoms with E-state index in [1.807, 2.05) is 0 Å². The molecular weight excluding hydrogens is 416 g/mol. The number of aromatic nitrogens is 2. The van der Waals surface area contributed by atoms with Gasteiger partial charge < -0.3 is 20.5 Å². The van der Waals surface area contributed by atoms with Gasteiger partial charge in [-0.3, -0.25) is 4.79 Å². The number of rotatable bonds is 5. The lowest BCUT2D eigenvalue weighted by atomic mass is 9.79. The minimum absolute atomic E-state index is 0.000128. The molecule has 11 heteroatoms. The van der Waals surface area contributed by atoms with Crippen LogP contribution in [0, 0.1) is 5.82 Å². The summed E-state index contributed by atoms with van der Waals surface area (Å²) >= 11 is 1.06. The lowest BCUT2D eigenvalue weighted by molar-refractivity contribution is 0.102. The molecule has 0 aliphatic carbocycles. The first kappa shape index (κ1) is 20.5. The Morgan fingerprint density at radius 1 is 1.37 bits per heavy atom. The Kier molecular flexibility index (Phi) is 5.33. The van der Waals surface area contributed by atoms with Crippen LogP contribution >= 0.6 is 11.8 Å². The number of amides is 1. The number of amidine groups is 1. The summed E-state index contributed by atoms with van der Waals surface area (Å²) in [6, 6.07) is 3.87. The standard InChI is InChI=1S/C19H19F2N5O3S/c1-2-29-15-7-23-14(6-24-15)16(27)25-11-3-4-13(20)12(5-11)19-9-28-8-18(19,21)10-30-17(22)26-19/h3-7H,2,8-10H2,1H3,(H2,22,26)(H,25,27)/t18-,19-/m1/s1. The summed E-state index contributed by atoms with van der Waals surface area (Å²) in [6.45, 7) is 1.86. The third-order valence-electron chi connectivity index (χ3n) is 4.96. The molecule has 0 saturated carbocycles. The van der Waals surface area contributed by atoms with E-state index in [0.717, 1.165) is 17.8 Å². The Morgan fingerprint density at radius 2 is 2.20 bits per heavy atom. The van der Waals surface area contributed by atoms with E-state index in [0.29, 0.717) is 12.5 Å². The fourth-order valence-corrected chi connectivity index (χ4v) is 4.38. The molecule has 0 spiro atoms. The van der Waals surface area contributed by atoms with E-state index < -0.39 is 22.9 Å². The molecule has 1 fully saturated rings. The van der Waals surface area contributed by atoms with Gasteiger partial charge in [0.15, 0.2) is 16.4 Å². The highest BCUT2D eigenvalue weighted by molar-refractivity contribution is 8.13. The number of nitrogens with one attached hydrogen (secondary N) is 1. The van der Waals surface area contributed by atoms with Crippen LogP contribution < -0.4 is 15.8 Å². The van der Waals surface area contributed by atoms with Crippen LogP contribution in [0.3, 0.4) is 0 Å². The molecule has 1 saturated heterocycles. The quantitative estimate of drug-likeness (QED) is 0.741. The van der Waals surface area contributed by atoms with Gasteiger partial charge >= 0.3 is 0 Å². The zero-order chi connectivity index (χ0) is 21.4. The van der Waals surface area contributed by atoms with Gasteiger partial charge in [-0.05, 0) is 25.1 Å². The molecule has 2 aliphatic heterocycles. The second-order valence-electron chi connectivity index (χ2n) is 6.88. The average Bonchev–Trinajstić information content (AvgIpc) is 3.07. The molecule has 158 valence electrons. The zero-order valence-electron chi connectivity index (χ0n) is 16.0. The molecule has 2 aliphatic rings. The van der Waals surface area contributed by atoms with Crippen LogP contribution in [0.15, 0.2) is 35.6 Å². The van der Waals surface area contributed by atoms with Gasteiger partial charge in [-0.1, -0.05) is 11.8 Å². The van der Waals surface area contributed by atoms with Crippen molar-refractivity contribution < 1.29 is 23.0 Å². The van der Waals surface area contributed by atoms with Crippen molar-refractivity contribution in [2.75, 3.05) is 30.9 Å². The predicted octanol–water partition coefficient (Wildman–Crippen LogP) is 2.26. The maximum atomic E-state index is 15.6. The number of benzene rings is 1. The highest BCUT2D eigenvalue weighted by Crippen LogP contribution is 2.50. The number of nitrogens with two attached hydrogens (primary N) is 1. The molecule has 30 heavy (non-hydrogen) atoms. The molecule has 3 N–H and O–H groups in total. The molecule has 1 amide bonds. The minimum Gasteiger partial charge on any atom is -0.477 e.